The van der Waals surface area contributed by atoms with Gasteiger partial charge in [-0.2, -0.15) is 5.26 Å². The molecule has 0 radical (unpaired) electrons. The molecule has 0 unspecified atom stereocenters. The molecule has 3 aromatic rings. The van der Waals surface area contributed by atoms with Crippen molar-refractivity contribution in [2.24, 2.45) is 0 Å². The summed E-state index contributed by atoms with van der Waals surface area (Å²) in [5, 5.41) is 13.5. The lowest BCUT2D eigenvalue weighted by molar-refractivity contribution is -0.148. The number of nitriles is 1. The first-order valence-electron chi connectivity index (χ1n) is 9.15. The molecule has 3 rings (SSSR count). The number of nitrogens with one attached hydrogen (secondary N) is 1. The monoisotopic (exact) mass is 475 g/mol. The van der Waals surface area contributed by atoms with Crippen molar-refractivity contribution in [2.75, 3.05) is 12.4 Å². The highest BCUT2D eigenvalue weighted by atomic mass is 35.5. The van der Waals surface area contributed by atoms with Crippen molar-refractivity contribution in [1.29, 1.82) is 5.26 Å². The quantitative estimate of drug-likeness (QED) is 0.331. The topological polar surface area (TPSA) is 84.2 Å². The second-order valence-corrected chi connectivity index (χ2v) is 9.38. The molecule has 0 saturated carbocycles. The molecule has 0 aliphatic heterocycles. The normalized spacial score (nSPS) is 11.5. The first-order valence-corrected chi connectivity index (χ1v) is 10.7. The van der Waals surface area contributed by atoms with E-state index in [1.807, 2.05) is 6.07 Å². The zero-order chi connectivity index (χ0) is 22.8. The average Bonchev–Trinajstić information content (AvgIpc) is 3.10. The maximum atomic E-state index is 12.0. The predicted octanol–water partition coefficient (Wildman–Crippen LogP) is 6.58. The van der Waals surface area contributed by atoms with E-state index in [1.54, 1.807) is 39.0 Å². The van der Waals surface area contributed by atoms with Gasteiger partial charge in [-0.1, -0.05) is 23.2 Å². The van der Waals surface area contributed by atoms with E-state index < -0.39 is 11.6 Å². The molecule has 31 heavy (non-hydrogen) atoms. The van der Waals surface area contributed by atoms with E-state index in [1.165, 1.54) is 30.7 Å². The summed E-state index contributed by atoms with van der Waals surface area (Å²) in [5.41, 5.74) is 1.54. The predicted molar refractivity (Wildman–Crippen MR) is 126 cm³/mol. The van der Waals surface area contributed by atoms with Crippen molar-refractivity contribution in [3.8, 4) is 11.8 Å². The van der Waals surface area contributed by atoms with Gasteiger partial charge < -0.3 is 14.8 Å². The summed E-state index contributed by atoms with van der Waals surface area (Å²) in [6.45, 7) is 5.42. The van der Waals surface area contributed by atoms with Crippen LogP contribution in [-0.4, -0.2) is 23.7 Å². The van der Waals surface area contributed by atoms with E-state index in [0.29, 0.717) is 38.2 Å². The highest BCUT2D eigenvalue weighted by Crippen LogP contribution is 2.40. The van der Waals surface area contributed by atoms with Gasteiger partial charge in [0.25, 0.3) is 0 Å². The van der Waals surface area contributed by atoms with E-state index in [0.717, 1.165) is 9.58 Å². The van der Waals surface area contributed by atoms with Crippen molar-refractivity contribution >= 4 is 68.2 Å². The number of hydrogen-bond acceptors (Lipinski definition) is 7. The van der Waals surface area contributed by atoms with Crippen LogP contribution in [0.25, 0.3) is 16.3 Å². The molecule has 0 aliphatic carbocycles. The van der Waals surface area contributed by atoms with Gasteiger partial charge in [0, 0.05) is 23.2 Å². The number of carbonyl (C=O) groups excluding carboxylic acids is 1. The molecule has 160 valence electrons. The molecule has 0 saturated heterocycles. The van der Waals surface area contributed by atoms with Crippen LogP contribution in [0.3, 0.4) is 0 Å². The molecule has 1 aromatic carbocycles. The first-order chi connectivity index (χ1) is 14.6. The summed E-state index contributed by atoms with van der Waals surface area (Å²) in [6.07, 6.45) is 4.52. The van der Waals surface area contributed by atoms with E-state index in [9.17, 15) is 10.1 Å². The number of rotatable bonds is 5. The Kier molecular flexibility index (Phi) is 6.75. The van der Waals surface area contributed by atoms with Crippen LogP contribution in [0.2, 0.25) is 10.0 Å². The highest BCUT2D eigenvalue weighted by Gasteiger charge is 2.16. The van der Waals surface area contributed by atoms with Crippen molar-refractivity contribution in [3.63, 3.8) is 0 Å². The number of halogens is 2. The Hall–Kier alpha value is -2.79. The lowest BCUT2D eigenvalue weighted by atomic mass is 10.2. The van der Waals surface area contributed by atoms with Gasteiger partial charge in [0.1, 0.15) is 17.4 Å². The zero-order valence-corrected chi connectivity index (χ0v) is 19.6. The van der Waals surface area contributed by atoms with Gasteiger partial charge in [-0.3, -0.25) is 4.98 Å². The van der Waals surface area contributed by atoms with E-state index in [4.69, 9.17) is 32.7 Å². The van der Waals surface area contributed by atoms with Crippen molar-refractivity contribution in [2.45, 2.75) is 26.4 Å². The van der Waals surface area contributed by atoms with Gasteiger partial charge in [0.15, 0.2) is 0 Å². The second kappa shape index (κ2) is 9.15. The molecular weight excluding hydrogens is 457 g/mol. The molecule has 0 spiro atoms. The van der Waals surface area contributed by atoms with E-state index >= 15 is 0 Å². The molecule has 9 heteroatoms. The number of nitrogens with zero attached hydrogens (tertiary/aromatic N) is 2. The van der Waals surface area contributed by atoms with Crippen LogP contribution in [-0.2, 0) is 9.53 Å². The Morgan fingerprint density at radius 3 is 2.65 bits per heavy atom. The van der Waals surface area contributed by atoms with Crippen LogP contribution >= 0.6 is 34.5 Å². The molecule has 2 heterocycles. The minimum absolute atomic E-state index is 0.349. The highest BCUT2D eigenvalue weighted by molar-refractivity contribution is 7.20. The van der Waals surface area contributed by atoms with Gasteiger partial charge in [-0.05, 0) is 39.0 Å². The fourth-order valence-electron chi connectivity index (χ4n) is 2.69. The third-order valence-electron chi connectivity index (χ3n) is 3.97. The molecule has 1 N–H and O–H groups in total. The molecule has 0 amide bonds. The number of thiophene rings is 1. The minimum atomic E-state index is -0.569. The van der Waals surface area contributed by atoms with Gasteiger partial charge >= 0.3 is 5.97 Å². The smallest absolute Gasteiger partial charge is 0.331 e. The number of anilines is 2. The molecule has 0 fully saturated rings. The molecule has 6 nitrogen and oxygen atoms in total. The van der Waals surface area contributed by atoms with E-state index in [-0.39, 0.29) is 0 Å². The number of benzene rings is 1. The number of ether oxygens (including phenoxy) is 2. The second-order valence-electron chi connectivity index (χ2n) is 7.48. The maximum absolute atomic E-state index is 12.0. The van der Waals surface area contributed by atoms with Crippen LogP contribution in [0.1, 0.15) is 31.2 Å². The average molecular weight is 476 g/mol. The molecule has 2 aromatic heterocycles. The number of carbonyl (C=O) groups is 1. The number of pyridine rings is 1. The number of esters is 1. The minimum Gasteiger partial charge on any atom is -0.495 e. The third kappa shape index (κ3) is 5.47. The summed E-state index contributed by atoms with van der Waals surface area (Å²) < 4.78 is 11.3. The van der Waals surface area contributed by atoms with Gasteiger partial charge in [0.05, 0.1) is 44.3 Å². The summed E-state index contributed by atoms with van der Waals surface area (Å²) in [4.78, 5) is 17.1. The molecule has 0 aliphatic rings. The fraction of sp³-hybridized carbons (Fsp3) is 0.227. The lowest BCUT2D eigenvalue weighted by Gasteiger charge is -2.17. The Balaban J connectivity index is 2.00. The Labute approximate surface area is 194 Å². The van der Waals surface area contributed by atoms with Gasteiger partial charge in [-0.15, -0.1) is 11.3 Å². The number of fused-ring (bicyclic) bond motifs is 1. The summed E-state index contributed by atoms with van der Waals surface area (Å²) in [7, 11) is 1.51. The van der Waals surface area contributed by atoms with Crippen LogP contribution in [0.15, 0.2) is 30.5 Å². The lowest BCUT2D eigenvalue weighted by Crippen LogP contribution is -2.22. The van der Waals surface area contributed by atoms with Crippen LogP contribution in [0.5, 0.6) is 5.75 Å². The van der Waals surface area contributed by atoms with Gasteiger partial charge in [0.2, 0.25) is 0 Å². The SMILES string of the molecule is COc1cc(Nc2c(C#N)cnc3cc(C=CC(=O)OC(C)(C)C)sc23)c(Cl)cc1Cl. The molecule has 0 bridgehead atoms. The number of methoxy groups -OCH3 is 1. The Morgan fingerprint density at radius 1 is 1.26 bits per heavy atom. The zero-order valence-electron chi connectivity index (χ0n) is 17.2. The first kappa shape index (κ1) is 22.9. The Morgan fingerprint density at radius 2 is 2.00 bits per heavy atom. The summed E-state index contributed by atoms with van der Waals surface area (Å²) in [5.74, 6) is 0.0126. The number of aromatic nitrogens is 1. The maximum Gasteiger partial charge on any atom is 0.331 e. The fourth-order valence-corrected chi connectivity index (χ4v) is 4.22. The van der Waals surface area contributed by atoms with E-state index in [2.05, 4.69) is 16.4 Å². The van der Waals surface area contributed by atoms with Crippen LogP contribution < -0.4 is 10.1 Å². The standard InChI is InChI=1S/C22H19Cl2N3O3S/c1-22(2,3)30-19(28)6-5-13-7-17-21(31-13)20(12(10-25)11-26-17)27-16-9-18(29-4)15(24)8-14(16)23/h5-9,11H,1-4H3,(H,26,27). The summed E-state index contributed by atoms with van der Waals surface area (Å²) in [6, 6.07) is 7.20. The third-order valence-corrected chi connectivity index (χ3v) is 5.69. The largest absolute Gasteiger partial charge is 0.495 e. The van der Waals surface area contributed by atoms with Crippen molar-refractivity contribution in [3.05, 3.63) is 51.0 Å². The molecule has 0 atom stereocenters. The van der Waals surface area contributed by atoms with Gasteiger partial charge in [-0.25, -0.2) is 4.79 Å². The number of hydrogen-bond donors (Lipinski definition) is 1. The van der Waals surface area contributed by atoms with Crippen molar-refractivity contribution < 1.29 is 14.3 Å². The van der Waals surface area contributed by atoms with Crippen LogP contribution in [0, 0.1) is 11.3 Å². The van der Waals surface area contributed by atoms with Crippen molar-refractivity contribution in [1.82, 2.24) is 4.98 Å². The Bertz CT molecular complexity index is 1220. The summed E-state index contributed by atoms with van der Waals surface area (Å²) >= 11 is 13.8. The molecular formula is C22H19Cl2N3O3S. The van der Waals surface area contributed by atoms with Crippen LogP contribution in [0.4, 0.5) is 11.4 Å².